The normalized spacial score (nSPS) is 10.9. The number of H-pyrrole nitrogens is 1. The zero-order chi connectivity index (χ0) is 19.1. The number of fused-ring (bicyclic) bond motifs is 1. The second kappa shape index (κ2) is 9.11. The molecule has 0 spiro atoms. The van der Waals surface area contributed by atoms with Crippen LogP contribution in [0.1, 0.15) is 6.42 Å². The van der Waals surface area contributed by atoms with E-state index in [9.17, 15) is 9.18 Å². The molecule has 0 radical (unpaired) electrons. The second-order valence-corrected chi connectivity index (χ2v) is 5.87. The van der Waals surface area contributed by atoms with E-state index in [1.54, 1.807) is 31.6 Å². The Morgan fingerprint density at radius 3 is 2.96 bits per heavy atom. The molecule has 0 unspecified atom stereocenters. The Kier molecular flexibility index (Phi) is 6.35. The van der Waals surface area contributed by atoms with E-state index in [2.05, 4.69) is 20.6 Å². The standard InChI is InChI=1S/C19H21FN4O3/c1-26-10-2-7-21-12-18(25)24-13-3-4-17(15(20)11-13)27-16-6-9-23-19-14(16)5-8-22-19/h3-6,8-9,11,21H,2,7,10,12H2,1H3,(H,22,23)(H,24,25). The number of hydrogen-bond donors (Lipinski definition) is 3. The summed E-state index contributed by atoms with van der Waals surface area (Å²) < 4.78 is 25.0. The lowest BCUT2D eigenvalue weighted by molar-refractivity contribution is -0.115. The number of methoxy groups -OCH3 is 1. The van der Waals surface area contributed by atoms with Crippen LogP contribution < -0.4 is 15.4 Å². The van der Waals surface area contributed by atoms with Crippen LogP contribution in [0, 0.1) is 5.82 Å². The highest BCUT2D eigenvalue weighted by molar-refractivity contribution is 5.92. The number of nitrogens with zero attached hydrogens (tertiary/aromatic N) is 1. The van der Waals surface area contributed by atoms with Gasteiger partial charge in [0.05, 0.1) is 11.9 Å². The van der Waals surface area contributed by atoms with Gasteiger partial charge in [0, 0.05) is 37.9 Å². The molecule has 3 rings (SSSR count). The summed E-state index contributed by atoms with van der Waals surface area (Å²) in [6.45, 7) is 1.45. The van der Waals surface area contributed by atoms with Crippen LogP contribution in [-0.2, 0) is 9.53 Å². The Morgan fingerprint density at radius 2 is 2.15 bits per heavy atom. The van der Waals surface area contributed by atoms with E-state index >= 15 is 0 Å². The van der Waals surface area contributed by atoms with Crippen LogP contribution >= 0.6 is 0 Å². The molecule has 0 aliphatic heterocycles. The van der Waals surface area contributed by atoms with Gasteiger partial charge in [-0.2, -0.15) is 0 Å². The van der Waals surface area contributed by atoms with Gasteiger partial charge in [0.2, 0.25) is 5.91 Å². The highest BCUT2D eigenvalue weighted by atomic mass is 19.1. The van der Waals surface area contributed by atoms with E-state index in [4.69, 9.17) is 9.47 Å². The monoisotopic (exact) mass is 372 g/mol. The van der Waals surface area contributed by atoms with Crippen LogP contribution in [0.25, 0.3) is 11.0 Å². The summed E-state index contributed by atoms with van der Waals surface area (Å²) in [7, 11) is 1.63. The number of carbonyl (C=O) groups excluding carboxylic acids is 1. The van der Waals surface area contributed by atoms with E-state index in [0.717, 1.165) is 11.8 Å². The lowest BCUT2D eigenvalue weighted by Crippen LogP contribution is -2.29. The predicted molar refractivity (Wildman–Crippen MR) is 101 cm³/mol. The predicted octanol–water partition coefficient (Wildman–Crippen LogP) is 3.06. The Hall–Kier alpha value is -2.97. The minimum absolute atomic E-state index is 0.0689. The van der Waals surface area contributed by atoms with E-state index in [1.165, 1.54) is 12.1 Å². The molecule has 2 aromatic heterocycles. The van der Waals surface area contributed by atoms with Gasteiger partial charge < -0.3 is 25.1 Å². The molecule has 0 aliphatic carbocycles. The molecule has 7 nitrogen and oxygen atoms in total. The highest BCUT2D eigenvalue weighted by Gasteiger charge is 2.11. The van der Waals surface area contributed by atoms with Crippen molar-refractivity contribution in [3.05, 3.63) is 48.5 Å². The number of ether oxygens (including phenoxy) is 2. The third-order valence-corrected chi connectivity index (χ3v) is 3.84. The molecule has 0 saturated carbocycles. The molecule has 0 saturated heterocycles. The summed E-state index contributed by atoms with van der Waals surface area (Å²) in [5, 5.41) is 6.40. The summed E-state index contributed by atoms with van der Waals surface area (Å²) in [4.78, 5) is 19.0. The number of hydrogen-bond acceptors (Lipinski definition) is 5. The molecule has 0 atom stereocenters. The molecule has 2 heterocycles. The summed E-state index contributed by atoms with van der Waals surface area (Å²) in [5.41, 5.74) is 1.03. The van der Waals surface area contributed by atoms with Gasteiger partial charge >= 0.3 is 0 Å². The number of rotatable bonds is 9. The van der Waals surface area contributed by atoms with Gasteiger partial charge in [-0.1, -0.05) is 0 Å². The van der Waals surface area contributed by atoms with Crippen LogP contribution in [0.3, 0.4) is 0 Å². The van der Waals surface area contributed by atoms with Crippen molar-refractivity contribution in [3.63, 3.8) is 0 Å². The number of carbonyl (C=O) groups is 1. The fourth-order valence-corrected chi connectivity index (χ4v) is 2.55. The second-order valence-electron chi connectivity index (χ2n) is 5.87. The summed E-state index contributed by atoms with van der Waals surface area (Å²) in [6, 6.07) is 7.78. The third-order valence-electron chi connectivity index (χ3n) is 3.84. The van der Waals surface area contributed by atoms with Crippen molar-refractivity contribution in [2.24, 2.45) is 0 Å². The molecule has 8 heteroatoms. The first-order chi connectivity index (χ1) is 13.2. The van der Waals surface area contributed by atoms with Crippen molar-refractivity contribution in [2.45, 2.75) is 6.42 Å². The van der Waals surface area contributed by atoms with Crippen LogP contribution in [0.15, 0.2) is 42.7 Å². The Morgan fingerprint density at radius 1 is 1.26 bits per heavy atom. The maximum atomic E-state index is 14.4. The number of aromatic amines is 1. The molecule has 0 aliphatic rings. The minimum Gasteiger partial charge on any atom is -0.453 e. The Bertz CT molecular complexity index is 913. The number of pyridine rings is 1. The fraction of sp³-hybridized carbons (Fsp3) is 0.263. The van der Waals surface area contributed by atoms with Gasteiger partial charge in [-0.15, -0.1) is 0 Å². The topological polar surface area (TPSA) is 88.3 Å². The summed E-state index contributed by atoms with van der Waals surface area (Å²) >= 11 is 0. The molecule has 27 heavy (non-hydrogen) atoms. The largest absolute Gasteiger partial charge is 0.453 e. The van der Waals surface area contributed by atoms with E-state index < -0.39 is 5.82 Å². The first-order valence-corrected chi connectivity index (χ1v) is 8.56. The lowest BCUT2D eigenvalue weighted by atomic mass is 10.2. The number of benzene rings is 1. The van der Waals surface area contributed by atoms with Crippen LogP contribution in [0.2, 0.25) is 0 Å². The van der Waals surface area contributed by atoms with Gasteiger partial charge in [-0.05, 0) is 37.2 Å². The molecule has 0 fully saturated rings. The Labute approximate surface area is 155 Å². The Balaban J connectivity index is 1.59. The summed E-state index contributed by atoms with van der Waals surface area (Å²) in [5.74, 6) is -0.249. The molecule has 3 aromatic rings. The zero-order valence-corrected chi connectivity index (χ0v) is 14.9. The van der Waals surface area contributed by atoms with Crippen molar-refractivity contribution in [3.8, 4) is 11.5 Å². The van der Waals surface area contributed by atoms with E-state index in [1.807, 2.05) is 6.07 Å². The van der Waals surface area contributed by atoms with Crippen molar-refractivity contribution < 1.29 is 18.7 Å². The molecule has 1 aromatic carbocycles. The van der Waals surface area contributed by atoms with Gasteiger partial charge in [0.1, 0.15) is 11.4 Å². The van der Waals surface area contributed by atoms with Crippen LogP contribution in [-0.4, -0.2) is 42.7 Å². The molecule has 1 amide bonds. The zero-order valence-electron chi connectivity index (χ0n) is 14.9. The van der Waals surface area contributed by atoms with E-state index in [0.29, 0.717) is 30.2 Å². The van der Waals surface area contributed by atoms with Crippen molar-refractivity contribution in [1.29, 1.82) is 0 Å². The van der Waals surface area contributed by atoms with Crippen molar-refractivity contribution in [1.82, 2.24) is 15.3 Å². The lowest BCUT2D eigenvalue weighted by Gasteiger charge is -2.10. The molecule has 3 N–H and O–H groups in total. The molecule has 142 valence electrons. The molecular formula is C19H21FN4O3. The quantitative estimate of drug-likeness (QED) is 0.503. The number of anilines is 1. The highest BCUT2D eigenvalue weighted by Crippen LogP contribution is 2.30. The minimum atomic E-state index is -0.568. The van der Waals surface area contributed by atoms with Gasteiger partial charge in [0.25, 0.3) is 0 Å². The number of aromatic nitrogens is 2. The molecular weight excluding hydrogens is 351 g/mol. The molecule has 0 bridgehead atoms. The van der Waals surface area contributed by atoms with Gasteiger partial charge in [0.15, 0.2) is 11.6 Å². The average molecular weight is 372 g/mol. The van der Waals surface area contributed by atoms with Gasteiger partial charge in [-0.3, -0.25) is 4.79 Å². The maximum Gasteiger partial charge on any atom is 0.238 e. The van der Waals surface area contributed by atoms with Crippen molar-refractivity contribution >= 4 is 22.6 Å². The average Bonchev–Trinajstić information content (AvgIpc) is 3.13. The first-order valence-electron chi connectivity index (χ1n) is 8.56. The summed E-state index contributed by atoms with van der Waals surface area (Å²) in [6.07, 6.45) is 4.14. The smallest absolute Gasteiger partial charge is 0.238 e. The van der Waals surface area contributed by atoms with Crippen molar-refractivity contribution in [2.75, 3.05) is 32.1 Å². The van der Waals surface area contributed by atoms with E-state index in [-0.39, 0.29) is 18.2 Å². The SMILES string of the molecule is COCCCNCC(=O)Nc1ccc(Oc2ccnc3[nH]ccc23)c(F)c1. The first kappa shape index (κ1) is 18.8. The number of amides is 1. The number of halogens is 1. The van der Waals surface area contributed by atoms with Crippen LogP contribution in [0.5, 0.6) is 11.5 Å². The van der Waals surface area contributed by atoms with Crippen LogP contribution in [0.4, 0.5) is 10.1 Å². The third kappa shape index (κ3) is 5.02. The maximum absolute atomic E-state index is 14.4. The fourth-order valence-electron chi connectivity index (χ4n) is 2.55. The number of nitrogens with one attached hydrogen (secondary N) is 3. The van der Waals surface area contributed by atoms with Gasteiger partial charge in [-0.25, -0.2) is 9.37 Å².